The van der Waals surface area contributed by atoms with E-state index >= 15 is 0 Å². The highest BCUT2D eigenvalue weighted by Gasteiger charge is 2.31. The molecule has 2 heterocycles. The first kappa shape index (κ1) is 13.7. The van der Waals surface area contributed by atoms with Gasteiger partial charge in [0, 0.05) is 6.42 Å². The Hall–Kier alpha value is -2.31. The first-order chi connectivity index (χ1) is 10.3. The van der Waals surface area contributed by atoms with Crippen molar-refractivity contribution in [3.05, 3.63) is 30.2 Å². The highest BCUT2D eigenvalue weighted by atomic mass is 16.5. The van der Waals surface area contributed by atoms with E-state index in [1.807, 2.05) is 6.92 Å². The molecule has 1 aliphatic carbocycles. The number of carbonyl (C=O) groups excluding carboxylic acids is 1. The molecule has 7 nitrogen and oxygen atoms in total. The summed E-state index contributed by atoms with van der Waals surface area (Å²) in [5, 5.41) is 9.57. The van der Waals surface area contributed by atoms with E-state index in [4.69, 9.17) is 9.15 Å². The Labute approximate surface area is 122 Å². The average Bonchev–Trinajstić information content (AvgIpc) is 3.21. The zero-order valence-corrected chi connectivity index (χ0v) is 11.8. The smallest absolute Gasteiger partial charge is 0.273 e. The number of hydrogen-bond donors (Lipinski definition) is 2. The molecule has 2 aromatic rings. The summed E-state index contributed by atoms with van der Waals surface area (Å²) in [4.78, 5) is 16.3. The predicted octanol–water partition coefficient (Wildman–Crippen LogP) is 1.69. The molecule has 0 spiro atoms. The van der Waals surface area contributed by atoms with Gasteiger partial charge in [-0.2, -0.15) is 5.10 Å². The fraction of sp³-hybridized carbons (Fsp3) is 0.500. The maximum absolute atomic E-state index is 12.3. The van der Waals surface area contributed by atoms with Gasteiger partial charge in [0.25, 0.3) is 5.91 Å². The number of amides is 1. The van der Waals surface area contributed by atoms with Gasteiger partial charge < -0.3 is 14.5 Å². The molecule has 0 aliphatic heterocycles. The molecule has 0 unspecified atom stereocenters. The number of ether oxygens (including phenoxy) is 1. The van der Waals surface area contributed by atoms with Gasteiger partial charge in [0.15, 0.2) is 17.8 Å². The van der Waals surface area contributed by atoms with Crippen LogP contribution in [-0.4, -0.2) is 33.2 Å². The monoisotopic (exact) mass is 290 g/mol. The van der Waals surface area contributed by atoms with Crippen LogP contribution in [0.25, 0.3) is 0 Å². The standard InChI is InChI=1S/C14H18N4O3/c1-2-11-13(15-8-20-11)14(19)18-10-4-3-5-12(10)21-9-6-16-17-7-9/h6-8,10,12H,2-5H2,1H3,(H,16,17)(H,18,19)/t10-,12+/m0/s1. The van der Waals surface area contributed by atoms with Gasteiger partial charge in [0.2, 0.25) is 0 Å². The Morgan fingerprint density at radius 3 is 3.24 bits per heavy atom. The van der Waals surface area contributed by atoms with E-state index < -0.39 is 0 Å². The lowest BCUT2D eigenvalue weighted by atomic mass is 10.2. The van der Waals surface area contributed by atoms with Gasteiger partial charge in [-0.3, -0.25) is 9.89 Å². The molecule has 112 valence electrons. The first-order valence-corrected chi connectivity index (χ1v) is 7.16. The second-order valence-corrected chi connectivity index (χ2v) is 5.08. The number of nitrogens with zero attached hydrogens (tertiary/aromatic N) is 2. The lowest BCUT2D eigenvalue weighted by Gasteiger charge is -2.21. The Morgan fingerprint density at radius 2 is 2.48 bits per heavy atom. The van der Waals surface area contributed by atoms with Crippen molar-refractivity contribution in [3.63, 3.8) is 0 Å². The topological polar surface area (TPSA) is 93.0 Å². The lowest BCUT2D eigenvalue weighted by Crippen LogP contribution is -2.42. The van der Waals surface area contributed by atoms with Crippen molar-refractivity contribution >= 4 is 5.91 Å². The molecule has 0 bridgehead atoms. The fourth-order valence-electron chi connectivity index (χ4n) is 2.65. The Morgan fingerprint density at radius 1 is 1.57 bits per heavy atom. The third-order valence-corrected chi connectivity index (χ3v) is 3.71. The molecule has 2 atom stereocenters. The van der Waals surface area contributed by atoms with Crippen LogP contribution in [0, 0.1) is 0 Å². The summed E-state index contributed by atoms with van der Waals surface area (Å²) in [5.74, 6) is 1.10. The Kier molecular flexibility index (Phi) is 3.89. The molecule has 1 fully saturated rings. The average molecular weight is 290 g/mol. The van der Waals surface area contributed by atoms with Crippen LogP contribution in [0.15, 0.2) is 23.2 Å². The Balaban J connectivity index is 1.64. The van der Waals surface area contributed by atoms with Crippen molar-refractivity contribution < 1.29 is 13.9 Å². The fourth-order valence-corrected chi connectivity index (χ4v) is 2.65. The summed E-state index contributed by atoms with van der Waals surface area (Å²) in [6, 6.07) is -0.0196. The SMILES string of the molecule is CCc1ocnc1C(=O)N[C@H]1CCC[C@H]1Oc1cn[nH]c1. The second kappa shape index (κ2) is 5.99. The van der Waals surface area contributed by atoms with E-state index in [1.165, 1.54) is 6.39 Å². The minimum Gasteiger partial charge on any atom is -0.485 e. The summed E-state index contributed by atoms with van der Waals surface area (Å²) in [6.07, 6.45) is 8.07. The summed E-state index contributed by atoms with van der Waals surface area (Å²) >= 11 is 0. The molecule has 21 heavy (non-hydrogen) atoms. The van der Waals surface area contributed by atoms with E-state index in [2.05, 4.69) is 20.5 Å². The molecule has 2 N–H and O–H groups in total. The summed E-state index contributed by atoms with van der Waals surface area (Å²) in [5.41, 5.74) is 0.367. The molecule has 1 amide bonds. The first-order valence-electron chi connectivity index (χ1n) is 7.16. The van der Waals surface area contributed by atoms with E-state index in [0.29, 0.717) is 23.6 Å². The molecule has 2 aromatic heterocycles. The Bertz CT molecular complexity index is 593. The predicted molar refractivity (Wildman–Crippen MR) is 74.0 cm³/mol. The number of nitrogens with one attached hydrogen (secondary N) is 2. The highest BCUT2D eigenvalue weighted by Crippen LogP contribution is 2.24. The van der Waals surface area contributed by atoms with Gasteiger partial charge in [-0.05, 0) is 19.3 Å². The van der Waals surface area contributed by atoms with Crippen molar-refractivity contribution in [2.24, 2.45) is 0 Å². The summed E-state index contributed by atoms with van der Waals surface area (Å²) < 4.78 is 11.0. The number of hydrogen-bond acceptors (Lipinski definition) is 5. The lowest BCUT2D eigenvalue weighted by molar-refractivity contribution is 0.0887. The van der Waals surface area contributed by atoms with Crippen LogP contribution < -0.4 is 10.1 Å². The minimum absolute atomic E-state index is 0.0196. The number of aromatic nitrogens is 3. The van der Waals surface area contributed by atoms with Crippen molar-refractivity contribution in [1.29, 1.82) is 0 Å². The van der Waals surface area contributed by atoms with Gasteiger partial charge in [-0.15, -0.1) is 0 Å². The number of rotatable bonds is 5. The van der Waals surface area contributed by atoms with Crippen LogP contribution in [0.2, 0.25) is 0 Å². The maximum atomic E-state index is 12.3. The number of carbonyl (C=O) groups is 1. The zero-order valence-electron chi connectivity index (χ0n) is 11.8. The van der Waals surface area contributed by atoms with Crippen LogP contribution in [-0.2, 0) is 6.42 Å². The van der Waals surface area contributed by atoms with Crippen molar-refractivity contribution in [3.8, 4) is 5.75 Å². The van der Waals surface area contributed by atoms with Crippen LogP contribution in [0.4, 0.5) is 0 Å². The van der Waals surface area contributed by atoms with E-state index in [0.717, 1.165) is 19.3 Å². The van der Waals surface area contributed by atoms with Gasteiger partial charge in [0.1, 0.15) is 11.9 Å². The molecule has 1 aliphatic rings. The second-order valence-electron chi connectivity index (χ2n) is 5.08. The van der Waals surface area contributed by atoms with Gasteiger partial charge in [-0.25, -0.2) is 4.98 Å². The third kappa shape index (κ3) is 2.91. The molecule has 7 heteroatoms. The number of oxazole rings is 1. The molecule has 0 saturated heterocycles. The van der Waals surface area contributed by atoms with Crippen molar-refractivity contribution in [1.82, 2.24) is 20.5 Å². The molecule has 0 radical (unpaired) electrons. The molecule has 0 aromatic carbocycles. The molecule has 3 rings (SSSR count). The number of aryl methyl sites for hydroxylation is 1. The van der Waals surface area contributed by atoms with E-state index in [-0.39, 0.29) is 18.1 Å². The quantitative estimate of drug-likeness (QED) is 0.874. The summed E-state index contributed by atoms with van der Waals surface area (Å²) in [6.45, 7) is 1.93. The largest absolute Gasteiger partial charge is 0.485 e. The molecular formula is C14H18N4O3. The highest BCUT2D eigenvalue weighted by molar-refractivity contribution is 5.93. The maximum Gasteiger partial charge on any atom is 0.273 e. The van der Waals surface area contributed by atoms with E-state index in [9.17, 15) is 4.79 Å². The summed E-state index contributed by atoms with van der Waals surface area (Å²) in [7, 11) is 0. The van der Waals surface area contributed by atoms with Gasteiger partial charge in [-0.1, -0.05) is 6.92 Å². The molecule has 1 saturated carbocycles. The third-order valence-electron chi connectivity index (χ3n) is 3.71. The number of H-pyrrole nitrogens is 1. The minimum atomic E-state index is -0.201. The van der Waals surface area contributed by atoms with Crippen molar-refractivity contribution in [2.45, 2.75) is 44.8 Å². The van der Waals surface area contributed by atoms with Crippen LogP contribution in [0.3, 0.4) is 0 Å². The molecular weight excluding hydrogens is 272 g/mol. The normalized spacial score (nSPS) is 21.4. The van der Waals surface area contributed by atoms with Gasteiger partial charge >= 0.3 is 0 Å². The van der Waals surface area contributed by atoms with Crippen LogP contribution in [0.5, 0.6) is 5.75 Å². The van der Waals surface area contributed by atoms with Crippen LogP contribution >= 0.6 is 0 Å². The van der Waals surface area contributed by atoms with Gasteiger partial charge in [0.05, 0.1) is 18.4 Å². The zero-order chi connectivity index (χ0) is 14.7. The number of aromatic amines is 1. The van der Waals surface area contributed by atoms with E-state index in [1.54, 1.807) is 12.4 Å². The van der Waals surface area contributed by atoms with Crippen LogP contribution in [0.1, 0.15) is 42.4 Å². The van der Waals surface area contributed by atoms with Crippen molar-refractivity contribution in [2.75, 3.05) is 0 Å².